The second-order valence-electron chi connectivity index (χ2n) is 4.25. The molecule has 0 aliphatic heterocycles. The quantitative estimate of drug-likeness (QED) is 0.897. The number of benzene rings is 2. The minimum atomic E-state index is -4.69. The van der Waals surface area contributed by atoms with E-state index in [2.05, 4.69) is 10.1 Å². The van der Waals surface area contributed by atoms with Gasteiger partial charge in [-0.05, 0) is 29.8 Å². The van der Waals surface area contributed by atoms with Crippen LogP contribution in [0.5, 0.6) is 11.5 Å². The fourth-order valence-electron chi connectivity index (χ4n) is 1.84. The van der Waals surface area contributed by atoms with Crippen LogP contribution >= 0.6 is 0 Å². The highest BCUT2D eigenvalue weighted by molar-refractivity contribution is 5.56. The van der Waals surface area contributed by atoms with Crippen LogP contribution in [0.3, 0.4) is 0 Å². The van der Waals surface area contributed by atoms with Gasteiger partial charge in [0, 0.05) is 6.54 Å². The van der Waals surface area contributed by atoms with E-state index < -0.39 is 6.36 Å². The van der Waals surface area contributed by atoms with Crippen LogP contribution in [0, 0.1) is 0 Å². The van der Waals surface area contributed by atoms with Gasteiger partial charge in [-0.25, -0.2) is 0 Å². The van der Waals surface area contributed by atoms with Crippen molar-refractivity contribution >= 4 is 5.69 Å². The largest absolute Gasteiger partial charge is 0.573 e. The predicted octanol–water partition coefficient (Wildman–Crippen LogP) is 4.21. The molecule has 112 valence electrons. The summed E-state index contributed by atoms with van der Waals surface area (Å²) in [5.74, 6) is 0.432. The Balaban J connectivity index is 2.05. The van der Waals surface area contributed by atoms with Crippen molar-refractivity contribution in [3.05, 3.63) is 54.1 Å². The van der Waals surface area contributed by atoms with Gasteiger partial charge in [0.25, 0.3) is 0 Å². The monoisotopic (exact) mass is 297 g/mol. The predicted molar refractivity (Wildman–Crippen MR) is 73.4 cm³/mol. The van der Waals surface area contributed by atoms with Crippen molar-refractivity contribution in [3.63, 3.8) is 0 Å². The molecule has 0 aliphatic carbocycles. The van der Waals surface area contributed by atoms with Gasteiger partial charge in [-0.1, -0.05) is 24.3 Å². The molecule has 0 fully saturated rings. The number of hydrogen-bond donors (Lipinski definition) is 1. The Morgan fingerprint density at radius 1 is 1.05 bits per heavy atom. The van der Waals surface area contributed by atoms with E-state index in [1.807, 2.05) is 18.2 Å². The van der Waals surface area contributed by atoms with Gasteiger partial charge in [0.1, 0.15) is 11.5 Å². The van der Waals surface area contributed by atoms with Crippen molar-refractivity contribution in [2.75, 3.05) is 12.4 Å². The summed E-state index contributed by atoms with van der Waals surface area (Å²) in [4.78, 5) is 0. The summed E-state index contributed by atoms with van der Waals surface area (Å²) < 4.78 is 45.6. The zero-order chi connectivity index (χ0) is 15.3. The number of anilines is 1. The number of hydrogen-bond acceptors (Lipinski definition) is 3. The van der Waals surface area contributed by atoms with E-state index in [1.165, 1.54) is 18.2 Å². The summed E-state index contributed by atoms with van der Waals surface area (Å²) in [6.45, 7) is 0.357. The van der Waals surface area contributed by atoms with E-state index in [4.69, 9.17) is 4.74 Å². The molecule has 0 radical (unpaired) electrons. The zero-order valence-corrected chi connectivity index (χ0v) is 11.3. The number of alkyl halides is 3. The van der Waals surface area contributed by atoms with Crippen LogP contribution in [-0.4, -0.2) is 13.5 Å². The molecule has 0 amide bonds. The van der Waals surface area contributed by atoms with Crippen LogP contribution in [-0.2, 0) is 6.54 Å². The van der Waals surface area contributed by atoms with Crippen LogP contribution in [0.2, 0.25) is 0 Å². The number of nitrogens with one attached hydrogen (secondary N) is 1. The minimum Gasteiger partial charge on any atom is -0.495 e. The average molecular weight is 297 g/mol. The molecule has 0 spiro atoms. The van der Waals surface area contributed by atoms with Crippen LogP contribution in [0.4, 0.5) is 18.9 Å². The summed E-state index contributed by atoms with van der Waals surface area (Å²) in [6, 6.07) is 13.1. The van der Waals surface area contributed by atoms with E-state index in [-0.39, 0.29) is 5.75 Å². The first-order valence-corrected chi connectivity index (χ1v) is 6.19. The summed E-state index contributed by atoms with van der Waals surface area (Å²) in [7, 11) is 1.55. The van der Waals surface area contributed by atoms with Crippen molar-refractivity contribution in [1.82, 2.24) is 0 Å². The van der Waals surface area contributed by atoms with Crippen molar-refractivity contribution in [3.8, 4) is 11.5 Å². The molecule has 0 aliphatic rings. The Morgan fingerprint density at radius 3 is 2.52 bits per heavy atom. The third-order valence-electron chi connectivity index (χ3n) is 2.72. The molecule has 0 unspecified atom stereocenters. The first kappa shape index (κ1) is 15.0. The minimum absolute atomic E-state index is 0.234. The maximum atomic E-state index is 12.2. The molecular formula is C15H14F3NO2. The Morgan fingerprint density at radius 2 is 1.81 bits per heavy atom. The smallest absolute Gasteiger partial charge is 0.495 e. The molecule has 1 N–H and O–H groups in total. The maximum Gasteiger partial charge on any atom is 0.573 e. The molecular weight excluding hydrogens is 283 g/mol. The summed E-state index contributed by atoms with van der Waals surface area (Å²) >= 11 is 0. The van der Waals surface area contributed by atoms with Gasteiger partial charge in [-0.2, -0.15) is 0 Å². The molecule has 0 atom stereocenters. The third-order valence-corrected chi connectivity index (χ3v) is 2.72. The fraction of sp³-hybridized carbons (Fsp3) is 0.200. The van der Waals surface area contributed by atoms with Gasteiger partial charge < -0.3 is 14.8 Å². The number of rotatable bonds is 5. The second-order valence-corrected chi connectivity index (χ2v) is 4.25. The van der Waals surface area contributed by atoms with E-state index in [1.54, 1.807) is 19.2 Å². The van der Waals surface area contributed by atoms with Gasteiger partial charge in [0.15, 0.2) is 0 Å². The van der Waals surface area contributed by atoms with Gasteiger partial charge in [-0.3, -0.25) is 0 Å². The SMILES string of the molecule is COc1ccccc1NCc1cccc(OC(F)(F)F)c1. The lowest BCUT2D eigenvalue weighted by molar-refractivity contribution is -0.274. The number of halogens is 3. The molecule has 2 aromatic carbocycles. The average Bonchev–Trinajstić information content (AvgIpc) is 2.44. The van der Waals surface area contributed by atoms with Crippen LogP contribution in [0.25, 0.3) is 0 Å². The molecule has 3 nitrogen and oxygen atoms in total. The third kappa shape index (κ3) is 4.59. The molecule has 21 heavy (non-hydrogen) atoms. The zero-order valence-electron chi connectivity index (χ0n) is 11.3. The Labute approximate surface area is 120 Å². The molecule has 0 saturated heterocycles. The van der Waals surface area contributed by atoms with Gasteiger partial charge in [0.05, 0.1) is 12.8 Å². The highest BCUT2D eigenvalue weighted by atomic mass is 19.4. The van der Waals surface area contributed by atoms with E-state index in [9.17, 15) is 13.2 Å². The topological polar surface area (TPSA) is 30.5 Å². The lowest BCUT2D eigenvalue weighted by Crippen LogP contribution is -2.17. The van der Waals surface area contributed by atoms with Crippen molar-refractivity contribution in [1.29, 1.82) is 0 Å². The first-order chi connectivity index (χ1) is 9.98. The van der Waals surface area contributed by atoms with Gasteiger partial charge in [0.2, 0.25) is 0 Å². The highest BCUT2D eigenvalue weighted by Crippen LogP contribution is 2.26. The van der Waals surface area contributed by atoms with Crippen LogP contribution in [0.15, 0.2) is 48.5 Å². The van der Waals surface area contributed by atoms with Gasteiger partial charge >= 0.3 is 6.36 Å². The van der Waals surface area contributed by atoms with Crippen molar-refractivity contribution in [2.45, 2.75) is 12.9 Å². The van der Waals surface area contributed by atoms with Crippen molar-refractivity contribution in [2.24, 2.45) is 0 Å². The maximum absolute atomic E-state index is 12.2. The number of methoxy groups -OCH3 is 1. The molecule has 0 heterocycles. The summed E-state index contributed by atoms with van der Waals surface area (Å²) in [5, 5.41) is 3.11. The lowest BCUT2D eigenvalue weighted by atomic mass is 10.2. The highest BCUT2D eigenvalue weighted by Gasteiger charge is 2.31. The second kappa shape index (κ2) is 6.39. The van der Waals surface area contributed by atoms with Gasteiger partial charge in [-0.15, -0.1) is 13.2 Å². The van der Waals surface area contributed by atoms with Crippen LogP contribution < -0.4 is 14.8 Å². The normalized spacial score (nSPS) is 11.0. The lowest BCUT2D eigenvalue weighted by Gasteiger charge is -2.12. The van der Waals surface area contributed by atoms with E-state index in [0.717, 1.165) is 5.69 Å². The molecule has 2 rings (SSSR count). The first-order valence-electron chi connectivity index (χ1n) is 6.19. The molecule has 2 aromatic rings. The number of para-hydroxylation sites is 2. The summed E-state index contributed by atoms with van der Waals surface area (Å²) in [6.07, 6.45) is -4.69. The van der Waals surface area contributed by atoms with Crippen molar-refractivity contribution < 1.29 is 22.6 Å². The molecule has 6 heteroatoms. The van der Waals surface area contributed by atoms with E-state index >= 15 is 0 Å². The number of ether oxygens (including phenoxy) is 2. The standard InChI is InChI=1S/C15H14F3NO2/c1-20-14-8-3-2-7-13(14)19-10-11-5-4-6-12(9-11)21-15(16,17)18/h2-9,19H,10H2,1H3. The molecule has 0 aromatic heterocycles. The Hall–Kier alpha value is -2.37. The van der Waals surface area contributed by atoms with E-state index in [0.29, 0.717) is 17.9 Å². The summed E-state index contributed by atoms with van der Waals surface area (Å²) in [5.41, 5.74) is 1.43. The fourth-order valence-corrected chi connectivity index (χ4v) is 1.84. The molecule has 0 bridgehead atoms. The van der Waals surface area contributed by atoms with Crippen LogP contribution in [0.1, 0.15) is 5.56 Å². The Bertz CT molecular complexity index is 599. The Kier molecular flexibility index (Phi) is 4.57. The molecule has 0 saturated carbocycles.